The highest BCUT2D eigenvalue weighted by Gasteiger charge is 2.26. The van der Waals surface area contributed by atoms with Gasteiger partial charge in [-0.25, -0.2) is 0 Å². The van der Waals surface area contributed by atoms with Crippen LogP contribution in [0.25, 0.3) is 0 Å². The number of nitrogens with zero attached hydrogens (tertiary/aromatic N) is 2. The van der Waals surface area contributed by atoms with Crippen LogP contribution in [0.5, 0.6) is 5.75 Å². The van der Waals surface area contributed by atoms with Gasteiger partial charge in [-0.15, -0.1) is 0 Å². The Kier molecular flexibility index (Phi) is 6.58. The molecule has 2 aliphatic heterocycles. The number of piperidine rings is 2. The lowest BCUT2D eigenvalue weighted by atomic mass is 9.94. The predicted octanol–water partition coefficient (Wildman–Crippen LogP) is 3.65. The molecule has 0 aliphatic carbocycles. The zero-order chi connectivity index (χ0) is 18.5. The number of carbonyl (C=O) groups is 1. The third kappa shape index (κ3) is 5.23. The van der Waals surface area contributed by atoms with Gasteiger partial charge in [-0.3, -0.25) is 4.79 Å². The first-order valence-electron chi connectivity index (χ1n) is 10.2. The van der Waals surface area contributed by atoms with Crippen molar-refractivity contribution in [3.63, 3.8) is 0 Å². The van der Waals surface area contributed by atoms with Crippen LogP contribution in [0.2, 0.25) is 0 Å². The average molecular weight is 359 g/mol. The molecule has 144 valence electrons. The average Bonchev–Trinajstić information content (AvgIpc) is 2.64. The molecule has 4 heteroatoms. The highest BCUT2D eigenvalue weighted by atomic mass is 16.5. The molecule has 2 saturated heterocycles. The van der Waals surface area contributed by atoms with Gasteiger partial charge >= 0.3 is 0 Å². The minimum atomic E-state index is 0.125. The monoisotopic (exact) mass is 358 g/mol. The number of carbonyl (C=O) groups excluding carboxylic acids is 1. The van der Waals surface area contributed by atoms with Gasteiger partial charge < -0.3 is 14.5 Å². The third-order valence-corrected chi connectivity index (χ3v) is 6.11. The van der Waals surface area contributed by atoms with E-state index in [1.54, 1.807) is 0 Å². The summed E-state index contributed by atoms with van der Waals surface area (Å²) in [5, 5.41) is 0. The number of amides is 1. The van der Waals surface area contributed by atoms with Crippen molar-refractivity contribution in [2.45, 2.75) is 46.5 Å². The van der Waals surface area contributed by atoms with E-state index < -0.39 is 0 Å². The Morgan fingerprint density at radius 3 is 2.62 bits per heavy atom. The van der Waals surface area contributed by atoms with E-state index in [0.717, 1.165) is 37.7 Å². The van der Waals surface area contributed by atoms with E-state index in [4.69, 9.17) is 4.74 Å². The van der Waals surface area contributed by atoms with Crippen LogP contribution in [-0.2, 0) is 4.79 Å². The molecule has 1 amide bonds. The van der Waals surface area contributed by atoms with Gasteiger partial charge in [0.25, 0.3) is 5.91 Å². The molecule has 2 aliphatic rings. The molecule has 26 heavy (non-hydrogen) atoms. The summed E-state index contributed by atoms with van der Waals surface area (Å²) in [6.45, 7) is 12.0. The Morgan fingerprint density at radius 1 is 1.12 bits per heavy atom. The van der Waals surface area contributed by atoms with Gasteiger partial charge in [0, 0.05) is 19.6 Å². The van der Waals surface area contributed by atoms with E-state index in [-0.39, 0.29) is 12.5 Å². The number of aryl methyl sites for hydroxylation is 2. The summed E-state index contributed by atoms with van der Waals surface area (Å²) >= 11 is 0. The highest BCUT2D eigenvalue weighted by molar-refractivity contribution is 5.77. The molecule has 1 atom stereocenters. The molecule has 3 rings (SSSR count). The Bertz CT molecular complexity index is 608. The van der Waals surface area contributed by atoms with Crippen LogP contribution >= 0.6 is 0 Å². The summed E-state index contributed by atoms with van der Waals surface area (Å²) in [4.78, 5) is 17.2. The molecular weight excluding hydrogens is 324 g/mol. The van der Waals surface area contributed by atoms with E-state index in [1.165, 1.54) is 43.5 Å². The van der Waals surface area contributed by atoms with Gasteiger partial charge in [-0.1, -0.05) is 13.0 Å². The van der Waals surface area contributed by atoms with Crippen molar-refractivity contribution in [3.05, 3.63) is 29.3 Å². The molecule has 0 N–H and O–H groups in total. The number of benzene rings is 1. The first-order chi connectivity index (χ1) is 12.5. The third-order valence-electron chi connectivity index (χ3n) is 6.11. The maximum Gasteiger partial charge on any atom is 0.260 e. The van der Waals surface area contributed by atoms with Gasteiger partial charge in [0.15, 0.2) is 6.61 Å². The Hall–Kier alpha value is -1.55. The predicted molar refractivity (Wildman–Crippen MR) is 106 cm³/mol. The van der Waals surface area contributed by atoms with Crippen molar-refractivity contribution in [2.75, 3.05) is 39.3 Å². The molecule has 0 saturated carbocycles. The minimum absolute atomic E-state index is 0.125. The maximum absolute atomic E-state index is 12.6. The fourth-order valence-electron chi connectivity index (χ4n) is 4.09. The molecule has 0 radical (unpaired) electrons. The minimum Gasteiger partial charge on any atom is -0.484 e. The van der Waals surface area contributed by atoms with Gasteiger partial charge in [0.1, 0.15) is 5.75 Å². The van der Waals surface area contributed by atoms with Crippen molar-refractivity contribution >= 4 is 5.91 Å². The van der Waals surface area contributed by atoms with Crippen LogP contribution in [0.15, 0.2) is 18.2 Å². The zero-order valence-corrected chi connectivity index (χ0v) is 16.7. The molecule has 1 unspecified atom stereocenters. The molecule has 0 bridgehead atoms. The van der Waals surface area contributed by atoms with Crippen LogP contribution in [0.3, 0.4) is 0 Å². The molecule has 4 nitrogen and oxygen atoms in total. The second-order valence-corrected chi connectivity index (χ2v) is 8.37. The van der Waals surface area contributed by atoms with Gasteiger partial charge in [0.05, 0.1) is 0 Å². The largest absolute Gasteiger partial charge is 0.484 e. The molecular formula is C22H34N2O2. The first-order valence-corrected chi connectivity index (χ1v) is 10.2. The van der Waals surface area contributed by atoms with Crippen LogP contribution in [-0.4, -0.2) is 55.0 Å². The lowest BCUT2D eigenvalue weighted by molar-refractivity contribution is -0.135. The standard InChI is InChI=1S/C22H34N2O2/c1-17-8-11-23(12-9-17)14-20-5-4-10-24(15-20)22(25)16-26-21-7-6-18(2)19(3)13-21/h6-7,13,17,20H,4-5,8-12,14-16H2,1-3H3. The van der Waals surface area contributed by atoms with E-state index in [9.17, 15) is 4.79 Å². The van der Waals surface area contributed by atoms with Crippen LogP contribution in [0.4, 0.5) is 0 Å². The van der Waals surface area contributed by atoms with Crippen LogP contribution < -0.4 is 4.74 Å². The number of hydrogen-bond acceptors (Lipinski definition) is 3. The fraction of sp³-hybridized carbons (Fsp3) is 0.682. The van der Waals surface area contributed by atoms with Crippen molar-refractivity contribution in [2.24, 2.45) is 11.8 Å². The number of hydrogen-bond donors (Lipinski definition) is 0. The van der Waals surface area contributed by atoms with Crippen LogP contribution in [0.1, 0.15) is 43.7 Å². The summed E-state index contributed by atoms with van der Waals surface area (Å²) < 4.78 is 5.75. The molecule has 0 spiro atoms. The van der Waals surface area contributed by atoms with E-state index >= 15 is 0 Å². The molecule has 1 aromatic carbocycles. The summed E-state index contributed by atoms with van der Waals surface area (Å²) in [5.74, 6) is 2.40. The number of likely N-dealkylation sites (tertiary alicyclic amines) is 2. The molecule has 1 aromatic rings. The van der Waals surface area contributed by atoms with E-state index in [0.29, 0.717) is 5.92 Å². The van der Waals surface area contributed by atoms with Crippen molar-refractivity contribution in [1.82, 2.24) is 9.80 Å². The zero-order valence-electron chi connectivity index (χ0n) is 16.7. The van der Waals surface area contributed by atoms with E-state index in [1.807, 2.05) is 23.1 Å². The Balaban J connectivity index is 1.45. The summed E-state index contributed by atoms with van der Waals surface area (Å²) in [7, 11) is 0. The molecule has 2 fully saturated rings. The number of rotatable bonds is 5. The summed E-state index contributed by atoms with van der Waals surface area (Å²) in [5.41, 5.74) is 2.44. The first kappa shape index (κ1) is 19.2. The lowest BCUT2D eigenvalue weighted by Crippen LogP contribution is -2.46. The van der Waals surface area contributed by atoms with Gasteiger partial charge in [-0.05, 0) is 87.7 Å². The summed E-state index contributed by atoms with van der Waals surface area (Å²) in [6.07, 6.45) is 5.00. The summed E-state index contributed by atoms with van der Waals surface area (Å²) in [6, 6.07) is 6.01. The van der Waals surface area contributed by atoms with Crippen molar-refractivity contribution in [1.29, 1.82) is 0 Å². The van der Waals surface area contributed by atoms with Crippen LogP contribution in [0, 0.1) is 25.7 Å². The second kappa shape index (κ2) is 8.90. The molecule has 0 aromatic heterocycles. The van der Waals surface area contributed by atoms with Gasteiger partial charge in [-0.2, -0.15) is 0 Å². The fourth-order valence-corrected chi connectivity index (χ4v) is 4.09. The second-order valence-electron chi connectivity index (χ2n) is 8.37. The smallest absolute Gasteiger partial charge is 0.260 e. The highest BCUT2D eigenvalue weighted by Crippen LogP contribution is 2.22. The Morgan fingerprint density at radius 2 is 1.88 bits per heavy atom. The Labute approximate surface area is 158 Å². The SMILES string of the molecule is Cc1ccc(OCC(=O)N2CCCC(CN3CCC(C)CC3)C2)cc1C. The van der Waals surface area contributed by atoms with Gasteiger partial charge in [0.2, 0.25) is 0 Å². The molecule has 2 heterocycles. The maximum atomic E-state index is 12.6. The normalized spacial score (nSPS) is 22.4. The topological polar surface area (TPSA) is 32.8 Å². The quantitative estimate of drug-likeness (QED) is 0.805. The van der Waals surface area contributed by atoms with E-state index in [2.05, 4.69) is 25.7 Å². The van der Waals surface area contributed by atoms with Crippen molar-refractivity contribution in [3.8, 4) is 5.75 Å². The van der Waals surface area contributed by atoms with Crippen molar-refractivity contribution < 1.29 is 9.53 Å². The number of ether oxygens (including phenoxy) is 1. The lowest BCUT2D eigenvalue weighted by Gasteiger charge is -2.37.